The van der Waals surface area contributed by atoms with Crippen LogP contribution in [-0.4, -0.2) is 10.2 Å². The van der Waals surface area contributed by atoms with Gasteiger partial charge in [-0.25, -0.2) is 0 Å². The minimum absolute atomic E-state index is 0.459. The molecule has 1 heterocycles. The number of benzene rings is 1. The summed E-state index contributed by atoms with van der Waals surface area (Å²) in [5.74, 6) is 0.775. The van der Waals surface area contributed by atoms with E-state index in [4.69, 9.17) is 11.6 Å². The molecule has 0 fully saturated rings. The van der Waals surface area contributed by atoms with Crippen LogP contribution in [0.1, 0.15) is 16.7 Å². The monoisotopic (exact) mass is 325 g/mol. The normalized spacial score (nSPS) is 10.4. The highest BCUT2D eigenvalue weighted by atomic mass is 79.9. The SMILES string of the molecule is Cc1c(Cl)nnc(NCc2cccc(Br)c2)c1C. The molecule has 2 aromatic rings. The van der Waals surface area contributed by atoms with Crippen molar-refractivity contribution >= 4 is 33.3 Å². The van der Waals surface area contributed by atoms with Crippen LogP contribution in [0, 0.1) is 13.8 Å². The maximum Gasteiger partial charge on any atom is 0.155 e. The fraction of sp³-hybridized carbons (Fsp3) is 0.231. The largest absolute Gasteiger partial charge is 0.364 e. The lowest BCUT2D eigenvalue weighted by Gasteiger charge is -2.10. The first kappa shape index (κ1) is 13.3. The van der Waals surface area contributed by atoms with Gasteiger partial charge in [0.25, 0.3) is 0 Å². The number of anilines is 1. The first-order valence-electron chi connectivity index (χ1n) is 5.55. The maximum atomic E-state index is 5.92. The van der Waals surface area contributed by atoms with Crippen molar-refractivity contribution in [2.24, 2.45) is 0 Å². The van der Waals surface area contributed by atoms with Gasteiger partial charge in [0.1, 0.15) is 0 Å². The number of hydrogen-bond donors (Lipinski definition) is 1. The molecule has 0 aliphatic carbocycles. The molecule has 0 spiro atoms. The Hall–Kier alpha value is -1.13. The number of hydrogen-bond acceptors (Lipinski definition) is 3. The van der Waals surface area contributed by atoms with Gasteiger partial charge in [-0.05, 0) is 42.7 Å². The van der Waals surface area contributed by atoms with Crippen molar-refractivity contribution in [3.63, 3.8) is 0 Å². The Kier molecular flexibility index (Phi) is 4.19. The van der Waals surface area contributed by atoms with Gasteiger partial charge >= 0.3 is 0 Å². The van der Waals surface area contributed by atoms with Crippen LogP contribution in [-0.2, 0) is 6.54 Å². The molecule has 1 N–H and O–H groups in total. The molecular formula is C13H13BrClN3. The molecule has 3 nitrogen and oxygen atoms in total. The maximum absolute atomic E-state index is 5.92. The number of halogens is 2. The highest BCUT2D eigenvalue weighted by Crippen LogP contribution is 2.21. The van der Waals surface area contributed by atoms with Gasteiger partial charge in [-0.1, -0.05) is 39.7 Å². The smallest absolute Gasteiger partial charge is 0.155 e. The molecular weight excluding hydrogens is 314 g/mol. The van der Waals surface area contributed by atoms with E-state index < -0.39 is 0 Å². The second-order valence-electron chi connectivity index (χ2n) is 4.07. The van der Waals surface area contributed by atoms with Gasteiger partial charge in [-0.2, -0.15) is 0 Å². The van der Waals surface area contributed by atoms with Crippen LogP contribution < -0.4 is 5.32 Å². The summed E-state index contributed by atoms with van der Waals surface area (Å²) < 4.78 is 1.07. The Labute approximate surface area is 120 Å². The summed E-state index contributed by atoms with van der Waals surface area (Å²) in [5, 5.41) is 11.7. The molecule has 0 amide bonds. The second-order valence-corrected chi connectivity index (χ2v) is 5.35. The lowest BCUT2D eigenvalue weighted by Crippen LogP contribution is -2.06. The summed E-state index contributed by atoms with van der Waals surface area (Å²) in [7, 11) is 0. The van der Waals surface area contributed by atoms with Crippen molar-refractivity contribution in [1.29, 1.82) is 0 Å². The van der Waals surface area contributed by atoms with Gasteiger partial charge in [0.2, 0.25) is 0 Å². The lowest BCUT2D eigenvalue weighted by atomic mass is 10.2. The Balaban J connectivity index is 2.14. The molecule has 18 heavy (non-hydrogen) atoms. The Morgan fingerprint density at radius 2 is 2.00 bits per heavy atom. The topological polar surface area (TPSA) is 37.8 Å². The average Bonchev–Trinajstić information content (AvgIpc) is 2.35. The van der Waals surface area contributed by atoms with Crippen LogP contribution in [0.2, 0.25) is 5.15 Å². The third-order valence-electron chi connectivity index (χ3n) is 2.81. The van der Waals surface area contributed by atoms with Crippen molar-refractivity contribution in [2.75, 3.05) is 5.32 Å². The number of aromatic nitrogens is 2. The van der Waals surface area contributed by atoms with E-state index in [0.29, 0.717) is 11.7 Å². The fourth-order valence-electron chi connectivity index (χ4n) is 1.58. The zero-order valence-corrected chi connectivity index (χ0v) is 12.5. The minimum atomic E-state index is 0.459. The van der Waals surface area contributed by atoms with E-state index in [0.717, 1.165) is 21.4 Å². The predicted octanol–water partition coefficient (Wildman–Crippen LogP) is 4.12. The van der Waals surface area contributed by atoms with Gasteiger partial charge in [0, 0.05) is 11.0 Å². The summed E-state index contributed by atoms with van der Waals surface area (Å²) >= 11 is 9.37. The van der Waals surface area contributed by atoms with E-state index in [9.17, 15) is 0 Å². The molecule has 0 bridgehead atoms. The molecule has 0 radical (unpaired) electrons. The highest BCUT2D eigenvalue weighted by Gasteiger charge is 2.07. The van der Waals surface area contributed by atoms with Crippen molar-refractivity contribution < 1.29 is 0 Å². The Bertz CT molecular complexity index is 572. The van der Waals surface area contributed by atoms with Gasteiger partial charge in [-0.15, -0.1) is 10.2 Å². The standard InChI is InChI=1S/C13H13BrClN3/c1-8-9(2)13(18-17-12(8)15)16-7-10-4-3-5-11(14)6-10/h3-6H,7H2,1-2H3,(H,16,18). The molecule has 0 aliphatic heterocycles. The summed E-state index contributed by atoms with van der Waals surface area (Å²) in [6.45, 7) is 4.63. The van der Waals surface area contributed by atoms with Crippen molar-refractivity contribution in [1.82, 2.24) is 10.2 Å². The van der Waals surface area contributed by atoms with E-state index in [1.165, 1.54) is 5.56 Å². The van der Waals surface area contributed by atoms with E-state index in [1.54, 1.807) is 0 Å². The molecule has 1 aromatic carbocycles. The van der Waals surface area contributed by atoms with Crippen LogP contribution in [0.15, 0.2) is 28.7 Å². The quantitative estimate of drug-likeness (QED) is 0.922. The fourth-order valence-corrected chi connectivity index (χ4v) is 2.20. The molecule has 0 aliphatic rings. The lowest BCUT2D eigenvalue weighted by molar-refractivity contribution is 0.971. The summed E-state index contributed by atoms with van der Waals surface area (Å²) in [5.41, 5.74) is 3.17. The highest BCUT2D eigenvalue weighted by molar-refractivity contribution is 9.10. The molecule has 5 heteroatoms. The number of nitrogens with one attached hydrogen (secondary N) is 1. The summed E-state index contributed by atoms with van der Waals surface area (Å²) in [6.07, 6.45) is 0. The first-order valence-corrected chi connectivity index (χ1v) is 6.72. The number of rotatable bonds is 3. The average molecular weight is 327 g/mol. The molecule has 94 valence electrons. The predicted molar refractivity (Wildman–Crippen MR) is 78.0 cm³/mol. The van der Waals surface area contributed by atoms with Crippen molar-refractivity contribution in [3.8, 4) is 0 Å². The molecule has 0 saturated heterocycles. The molecule has 1 aromatic heterocycles. The van der Waals surface area contributed by atoms with E-state index in [1.807, 2.05) is 26.0 Å². The Morgan fingerprint density at radius 3 is 2.72 bits per heavy atom. The van der Waals surface area contributed by atoms with Crippen LogP contribution in [0.25, 0.3) is 0 Å². The van der Waals surface area contributed by atoms with Crippen molar-refractivity contribution in [3.05, 3.63) is 50.6 Å². The Morgan fingerprint density at radius 1 is 1.22 bits per heavy atom. The zero-order valence-electron chi connectivity index (χ0n) is 10.2. The van der Waals surface area contributed by atoms with E-state index in [2.05, 4.69) is 43.6 Å². The molecule has 0 atom stereocenters. The molecule has 0 unspecified atom stereocenters. The minimum Gasteiger partial charge on any atom is -0.364 e. The second kappa shape index (κ2) is 5.67. The summed E-state index contributed by atoms with van der Waals surface area (Å²) in [6, 6.07) is 8.13. The molecule has 0 saturated carbocycles. The van der Waals surface area contributed by atoms with Gasteiger partial charge < -0.3 is 5.32 Å². The van der Waals surface area contributed by atoms with Gasteiger partial charge in [0.05, 0.1) is 0 Å². The van der Waals surface area contributed by atoms with Crippen molar-refractivity contribution in [2.45, 2.75) is 20.4 Å². The zero-order chi connectivity index (χ0) is 13.1. The van der Waals surface area contributed by atoms with E-state index >= 15 is 0 Å². The van der Waals surface area contributed by atoms with E-state index in [-0.39, 0.29) is 0 Å². The molecule has 2 rings (SSSR count). The van der Waals surface area contributed by atoms with Crippen LogP contribution >= 0.6 is 27.5 Å². The van der Waals surface area contributed by atoms with Gasteiger partial charge in [0.15, 0.2) is 11.0 Å². The third-order valence-corrected chi connectivity index (χ3v) is 3.67. The third kappa shape index (κ3) is 3.00. The first-order chi connectivity index (χ1) is 8.58. The van der Waals surface area contributed by atoms with Gasteiger partial charge in [-0.3, -0.25) is 0 Å². The summed E-state index contributed by atoms with van der Waals surface area (Å²) in [4.78, 5) is 0. The van der Waals surface area contributed by atoms with Crippen LogP contribution in [0.3, 0.4) is 0 Å². The van der Waals surface area contributed by atoms with Crippen LogP contribution in [0.4, 0.5) is 5.82 Å². The van der Waals surface area contributed by atoms with Crippen LogP contribution in [0.5, 0.6) is 0 Å². The number of nitrogens with zero attached hydrogens (tertiary/aromatic N) is 2.